The predicted octanol–water partition coefficient (Wildman–Crippen LogP) is 0.920. The number of ether oxygens (including phenoxy) is 3. The van der Waals surface area contributed by atoms with Crippen molar-refractivity contribution in [2.45, 2.75) is 6.61 Å². The van der Waals surface area contributed by atoms with Crippen LogP contribution in [0.15, 0.2) is 39.9 Å². The topological polar surface area (TPSA) is 112 Å². The molecule has 1 unspecified atom stereocenters. The number of benzene rings is 2. The summed E-state index contributed by atoms with van der Waals surface area (Å²) in [6.45, 7) is 0.144. The molecular weight excluding hydrogens is 515 g/mol. The van der Waals surface area contributed by atoms with Gasteiger partial charge in [-0.15, -0.1) is 0 Å². The van der Waals surface area contributed by atoms with Gasteiger partial charge in [-0.1, -0.05) is 0 Å². The maximum absolute atomic E-state index is 14.8. The lowest BCUT2D eigenvalue weighted by atomic mass is 10.2. The van der Waals surface area contributed by atoms with Crippen molar-refractivity contribution < 1.29 is 32.2 Å². The zero-order valence-corrected chi connectivity index (χ0v) is 20.3. The van der Waals surface area contributed by atoms with Crippen LogP contribution in [0.4, 0.5) is 13.2 Å². The van der Waals surface area contributed by atoms with Crippen LogP contribution in [0.1, 0.15) is 5.56 Å². The quantitative estimate of drug-likeness (QED) is 0.310. The number of hydrogen-bond acceptors (Lipinski definition) is 7. The Morgan fingerprint density at radius 1 is 1.11 bits per heavy atom. The van der Waals surface area contributed by atoms with Gasteiger partial charge in [0.05, 0.1) is 23.7 Å². The highest BCUT2D eigenvalue weighted by atomic mass is 32.2. The Morgan fingerprint density at radius 3 is 2.57 bits per heavy atom. The number of nitrogens with one attached hydrogen (secondary N) is 2. The Kier molecular flexibility index (Phi) is 7.67. The third kappa shape index (κ3) is 4.96. The van der Waals surface area contributed by atoms with Gasteiger partial charge in [0.15, 0.2) is 22.0 Å². The molecule has 1 aromatic heterocycles. The van der Waals surface area contributed by atoms with Gasteiger partial charge in [-0.2, -0.15) is 0 Å². The highest BCUT2D eigenvalue weighted by Gasteiger charge is 2.21. The fourth-order valence-corrected chi connectivity index (χ4v) is 4.85. The van der Waals surface area contributed by atoms with E-state index in [0.717, 1.165) is 18.2 Å². The molecule has 37 heavy (non-hydrogen) atoms. The summed E-state index contributed by atoms with van der Waals surface area (Å²) in [7, 11) is 1.64. The summed E-state index contributed by atoms with van der Waals surface area (Å²) in [5.41, 5.74) is -2.57. The summed E-state index contributed by atoms with van der Waals surface area (Å²) in [5.74, 6) is -3.20. The van der Waals surface area contributed by atoms with Crippen molar-refractivity contribution in [3.63, 3.8) is 0 Å². The van der Waals surface area contributed by atoms with E-state index in [-0.39, 0.29) is 39.3 Å². The van der Waals surface area contributed by atoms with Crippen LogP contribution in [-0.2, 0) is 16.1 Å². The van der Waals surface area contributed by atoms with Crippen LogP contribution in [-0.4, -0.2) is 42.1 Å². The Balaban J connectivity index is 1.74. The van der Waals surface area contributed by atoms with Crippen molar-refractivity contribution >= 4 is 26.2 Å². The molecule has 194 valence electrons. The van der Waals surface area contributed by atoms with E-state index in [1.807, 2.05) is 0 Å². The molecular formula is C24H20F3N3O6S. The highest BCUT2D eigenvalue weighted by Crippen LogP contribution is 2.28. The largest absolute Gasteiger partial charge is 0.492 e. The monoisotopic (exact) mass is 535 g/mol. The summed E-state index contributed by atoms with van der Waals surface area (Å²) in [4.78, 5) is 39.6. The molecule has 4 rings (SSSR count). The molecule has 0 aliphatic carbocycles. The normalized spacial score (nSPS) is 14.1. The maximum atomic E-state index is 14.8. The van der Waals surface area contributed by atoms with Gasteiger partial charge in [0, 0.05) is 18.0 Å². The van der Waals surface area contributed by atoms with E-state index in [4.69, 9.17) is 14.2 Å². The van der Waals surface area contributed by atoms with Crippen LogP contribution in [0.25, 0.3) is 16.2 Å². The number of carbonyl (C=O) groups excluding carboxylic acids is 1. The average Bonchev–Trinajstić information content (AvgIpc) is 3.25. The lowest BCUT2D eigenvalue weighted by molar-refractivity contribution is 0.270. The Labute approximate surface area is 209 Å². The maximum Gasteiger partial charge on any atom is 0.333 e. The number of fused-ring (bicyclic) bond motifs is 1. The lowest BCUT2D eigenvalue weighted by Crippen LogP contribution is -2.53. The molecule has 9 nitrogen and oxygen atoms in total. The summed E-state index contributed by atoms with van der Waals surface area (Å²) in [5, 5.41) is 5.86. The Morgan fingerprint density at radius 2 is 1.86 bits per heavy atom. The van der Waals surface area contributed by atoms with Gasteiger partial charge >= 0.3 is 5.69 Å². The van der Waals surface area contributed by atoms with Gasteiger partial charge in [0.2, 0.25) is 0 Å². The molecule has 13 heteroatoms. The summed E-state index contributed by atoms with van der Waals surface area (Å²) in [6.07, 6.45) is 0. The van der Waals surface area contributed by atoms with E-state index in [1.165, 1.54) is 24.7 Å². The molecule has 1 aliphatic heterocycles. The molecule has 3 aromatic rings. The first-order valence-electron chi connectivity index (χ1n) is 10.7. The summed E-state index contributed by atoms with van der Waals surface area (Å²) in [6, 6.07) is 5.40. The first kappa shape index (κ1) is 26.0. The molecule has 1 aliphatic rings. The number of methoxy groups -OCH3 is 1. The Hall–Kier alpha value is -4.06. The second-order valence-electron chi connectivity index (χ2n) is 7.58. The molecule has 2 heterocycles. The van der Waals surface area contributed by atoms with E-state index in [2.05, 4.69) is 10.3 Å². The molecule has 0 saturated carbocycles. The predicted molar refractivity (Wildman–Crippen MR) is 130 cm³/mol. The molecule has 0 spiro atoms. The standard InChI is InChI=1S/C24H20F3N3O6S/c1-28-7-8-35-19-6-5-16(26)21(27)14(19)10-36-13-3-4-15(25)18(9-13)30-22(32)20-17(29-24(30)33)11-37(12-31)23(20)34-2/h3-6,9,11,28H,7-8,10H2,1-2H3,(H,29,33). The van der Waals surface area contributed by atoms with Crippen molar-refractivity contribution in [3.05, 3.63) is 84.8 Å². The van der Waals surface area contributed by atoms with Gasteiger partial charge in [-0.3, -0.25) is 4.79 Å². The highest BCUT2D eigenvalue weighted by molar-refractivity contribution is 8.28. The lowest BCUT2D eigenvalue weighted by Gasteiger charge is -2.14. The number of likely N-dealkylation sites (N-methyl/N-ethyl adjacent to an activating group) is 1. The second kappa shape index (κ2) is 10.9. The van der Waals surface area contributed by atoms with Crippen LogP contribution in [0.2, 0.25) is 0 Å². The minimum Gasteiger partial charge on any atom is -0.492 e. The van der Waals surface area contributed by atoms with Crippen LogP contribution in [0.5, 0.6) is 11.5 Å². The third-order valence-electron chi connectivity index (χ3n) is 5.35. The van der Waals surface area contributed by atoms with Gasteiger partial charge in [0.25, 0.3) is 5.56 Å². The molecule has 1 atom stereocenters. The zero-order chi connectivity index (χ0) is 26.7. The van der Waals surface area contributed by atoms with Crippen LogP contribution >= 0.6 is 10.5 Å². The molecule has 2 aromatic carbocycles. The van der Waals surface area contributed by atoms with Crippen molar-refractivity contribution in [1.82, 2.24) is 14.9 Å². The number of rotatable bonds is 9. The number of aromatic nitrogens is 2. The molecule has 0 saturated heterocycles. The van der Waals surface area contributed by atoms with E-state index in [1.54, 1.807) is 12.3 Å². The molecule has 0 bridgehead atoms. The van der Waals surface area contributed by atoms with Crippen LogP contribution in [0.3, 0.4) is 0 Å². The van der Waals surface area contributed by atoms with Crippen LogP contribution in [0, 0.1) is 17.5 Å². The fraction of sp³-hybridized carbons (Fsp3) is 0.208. The van der Waals surface area contributed by atoms with E-state index < -0.39 is 51.5 Å². The third-order valence-corrected chi connectivity index (χ3v) is 6.77. The minimum absolute atomic E-state index is 0.0137. The first-order chi connectivity index (χ1) is 17.8. The van der Waals surface area contributed by atoms with Gasteiger partial charge in [-0.05, 0) is 41.8 Å². The Bertz CT molecular complexity index is 1680. The number of hydrogen-bond donors (Lipinski definition) is 2. The molecule has 0 radical (unpaired) electrons. The zero-order valence-electron chi connectivity index (χ0n) is 19.5. The summed E-state index contributed by atoms with van der Waals surface area (Å²) >= 11 is 0. The average molecular weight is 536 g/mol. The van der Waals surface area contributed by atoms with Crippen molar-refractivity contribution in [1.29, 1.82) is 0 Å². The van der Waals surface area contributed by atoms with E-state index in [0.29, 0.717) is 11.1 Å². The van der Waals surface area contributed by atoms with E-state index in [9.17, 15) is 27.6 Å². The van der Waals surface area contributed by atoms with Crippen molar-refractivity contribution in [3.8, 4) is 17.2 Å². The number of nitrogens with zero attached hydrogens (tertiary/aromatic N) is 1. The van der Waals surface area contributed by atoms with Crippen LogP contribution < -0.4 is 36.6 Å². The fourth-order valence-electron chi connectivity index (χ4n) is 3.61. The van der Waals surface area contributed by atoms with Crippen molar-refractivity contribution in [2.75, 3.05) is 27.3 Å². The first-order valence-corrected chi connectivity index (χ1v) is 12.0. The smallest absolute Gasteiger partial charge is 0.333 e. The summed E-state index contributed by atoms with van der Waals surface area (Å²) < 4.78 is 59.9. The van der Waals surface area contributed by atoms with Crippen molar-refractivity contribution in [2.24, 2.45) is 0 Å². The van der Waals surface area contributed by atoms with Gasteiger partial charge < -0.3 is 24.5 Å². The SMILES string of the molecule is CNCCOc1ccc(F)c(F)c1COc1ccc(F)c(-n2c(=O)[nH]c3c(c2=O)=C(OC)S(=C=O)C=3)c1. The van der Waals surface area contributed by atoms with Gasteiger partial charge in [-0.25, -0.2) is 27.3 Å². The number of aromatic amines is 1. The minimum atomic E-state index is -1.32. The number of halogens is 3. The van der Waals surface area contributed by atoms with Gasteiger partial charge in [0.1, 0.15) is 35.7 Å². The molecule has 0 amide bonds. The van der Waals surface area contributed by atoms with E-state index >= 15 is 0 Å². The second-order valence-corrected chi connectivity index (χ2v) is 9.03. The number of H-pyrrole nitrogens is 1. The molecule has 0 fully saturated rings. The molecule has 2 N–H and O–H groups in total.